The number of ether oxygens (including phenoxy) is 1. The van der Waals surface area contributed by atoms with Crippen molar-refractivity contribution in [3.8, 4) is 0 Å². The molecule has 0 atom stereocenters. The molecule has 0 N–H and O–H groups in total. The van der Waals surface area contributed by atoms with Gasteiger partial charge in [0.05, 0.1) is 5.75 Å². The van der Waals surface area contributed by atoms with Crippen molar-refractivity contribution in [2.45, 2.75) is 42.8 Å². The van der Waals surface area contributed by atoms with E-state index >= 15 is 0 Å². The van der Waals surface area contributed by atoms with E-state index in [-0.39, 0.29) is 5.57 Å². The van der Waals surface area contributed by atoms with E-state index in [4.69, 9.17) is 0 Å². The summed E-state index contributed by atoms with van der Waals surface area (Å²) in [6.07, 6.45) is -7.59. The summed E-state index contributed by atoms with van der Waals surface area (Å²) in [6, 6.07) is -6.97. The lowest BCUT2D eigenvalue weighted by Crippen LogP contribution is -2.72. The Bertz CT molecular complexity index is 835. The summed E-state index contributed by atoms with van der Waals surface area (Å²) >= 11 is 0. The van der Waals surface area contributed by atoms with Gasteiger partial charge in [0.25, 0.3) is 0 Å². The van der Waals surface area contributed by atoms with E-state index in [1.165, 1.54) is 0 Å². The number of alkyl halides is 13. The predicted octanol–water partition coefficient (Wildman–Crippen LogP) is 4.06. The normalized spacial score (nSPS) is 15.1. The Labute approximate surface area is 170 Å². The highest BCUT2D eigenvalue weighted by Crippen LogP contribution is 2.60. The molecule has 0 unspecified atom stereocenters. The van der Waals surface area contributed by atoms with Crippen LogP contribution < -0.4 is 0 Å². The third-order valence-electron chi connectivity index (χ3n) is 3.65. The molecule has 0 aliphatic heterocycles. The molecule has 5 nitrogen and oxygen atoms in total. The van der Waals surface area contributed by atoms with Crippen molar-refractivity contribution in [1.29, 1.82) is 0 Å². The molecule has 19 heteroatoms. The molecule has 0 aromatic heterocycles. The zero-order chi connectivity index (χ0) is 26.4. The van der Waals surface area contributed by atoms with Crippen molar-refractivity contribution in [2.24, 2.45) is 0 Å². The first-order valence-electron chi connectivity index (χ1n) is 7.48. The molecular weight excluding hydrogens is 513 g/mol. The van der Waals surface area contributed by atoms with Crippen molar-refractivity contribution in [1.82, 2.24) is 4.31 Å². The van der Waals surface area contributed by atoms with Gasteiger partial charge in [0.2, 0.25) is 10.0 Å². The van der Waals surface area contributed by atoms with Gasteiger partial charge in [0, 0.05) is 12.6 Å². The molecule has 0 saturated carbocycles. The first kappa shape index (κ1) is 30.2. The molecule has 0 aliphatic rings. The number of nitrogens with zero attached hydrogens (tertiary/aromatic N) is 1. The van der Waals surface area contributed by atoms with Crippen LogP contribution in [0.15, 0.2) is 12.2 Å². The van der Waals surface area contributed by atoms with Gasteiger partial charge in [0.1, 0.15) is 6.61 Å². The van der Waals surface area contributed by atoms with Crippen LogP contribution in [0.3, 0.4) is 0 Å². The lowest BCUT2D eigenvalue weighted by molar-refractivity contribution is -0.446. The van der Waals surface area contributed by atoms with E-state index < -0.39 is 75.6 Å². The van der Waals surface area contributed by atoms with Crippen LogP contribution in [0.25, 0.3) is 0 Å². The van der Waals surface area contributed by atoms with Crippen LogP contribution in [-0.2, 0) is 19.6 Å². The second-order valence-electron chi connectivity index (χ2n) is 6.04. The Morgan fingerprint density at radius 3 is 1.53 bits per heavy atom. The summed E-state index contributed by atoms with van der Waals surface area (Å²) < 4.78 is 195. The standard InChI is InChI=1S/C13H12F13NO4S/c1-6(2)7(28)31-4-5-32(29,30)27(3)13(25,26)11(20,21)9(16,17)8(14,15)10(18,19)12(22,23)24/h1,4-5H2,2-3H3. The highest BCUT2D eigenvalue weighted by Gasteiger charge is 2.91. The second kappa shape index (κ2) is 8.53. The van der Waals surface area contributed by atoms with Gasteiger partial charge in [-0.1, -0.05) is 6.58 Å². The molecule has 32 heavy (non-hydrogen) atoms. The molecular formula is C13H12F13NO4S. The smallest absolute Gasteiger partial charge is 0.460 e. The van der Waals surface area contributed by atoms with Crippen molar-refractivity contribution in [3.05, 3.63) is 12.2 Å². The van der Waals surface area contributed by atoms with Crippen LogP contribution >= 0.6 is 0 Å². The zero-order valence-corrected chi connectivity index (χ0v) is 16.3. The van der Waals surface area contributed by atoms with Crippen LogP contribution in [0.4, 0.5) is 57.1 Å². The Balaban J connectivity index is 6.16. The SMILES string of the molecule is C=C(C)C(=O)OCCS(=O)(=O)N(C)C(F)(F)C(F)(F)C(F)(F)C(F)(F)C(F)(F)C(F)(F)F. The van der Waals surface area contributed by atoms with Gasteiger partial charge < -0.3 is 4.74 Å². The fourth-order valence-corrected chi connectivity index (χ4v) is 2.67. The molecule has 0 heterocycles. The maximum absolute atomic E-state index is 13.9. The summed E-state index contributed by atoms with van der Waals surface area (Å²) in [5, 5.41) is 0. The minimum Gasteiger partial charge on any atom is -0.461 e. The summed E-state index contributed by atoms with van der Waals surface area (Å²) in [5.74, 6) is -35.2. The monoisotopic (exact) mass is 525 g/mol. The van der Waals surface area contributed by atoms with Crippen molar-refractivity contribution >= 4 is 16.0 Å². The zero-order valence-electron chi connectivity index (χ0n) is 15.5. The van der Waals surface area contributed by atoms with Crippen molar-refractivity contribution < 1.29 is 75.0 Å². The number of rotatable bonds is 10. The molecule has 0 aromatic carbocycles. The van der Waals surface area contributed by atoms with Gasteiger partial charge in [-0.05, 0) is 6.92 Å². The molecule has 190 valence electrons. The Morgan fingerprint density at radius 2 is 1.19 bits per heavy atom. The van der Waals surface area contributed by atoms with Gasteiger partial charge >= 0.3 is 41.9 Å². The first-order chi connectivity index (χ1) is 13.7. The fourth-order valence-electron chi connectivity index (χ4n) is 1.63. The molecule has 0 radical (unpaired) electrons. The molecule has 0 amide bonds. The number of hydrogen-bond donors (Lipinski definition) is 0. The van der Waals surface area contributed by atoms with Crippen LogP contribution in [0.2, 0.25) is 0 Å². The number of carbonyl (C=O) groups is 1. The van der Waals surface area contributed by atoms with E-state index in [2.05, 4.69) is 11.3 Å². The number of halogens is 13. The average molecular weight is 525 g/mol. The van der Waals surface area contributed by atoms with Crippen molar-refractivity contribution in [2.75, 3.05) is 19.4 Å². The van der Waals surface area contributed by atoms with Crippen molar-refractivity contribution in [3.63, 3.8) is 0 Å². The van der Waals surface area contributed by atoms with E-state index in [1.807, 2.05) is 0 Å². The average Bonchev–Trinajstić information content (AvgIpc) is 2.58. The first-order valence-corrected chi connectivity index (χ1v) is 9.09. The van der Waals surface area contributed by atoms with E-state index in [0.29, 0.717) is 0 Å². The molecule has 0 spiro atoms. The second-order valence-corrected chi connectivity index (χ2v) is 8.16. The molecule has 0 fully saturated rings. The molecule has 0 bridgehead atoms. The minimum absolute atomic E-state index is 0.361. The Morgan fingerprint density at radius 1 is 0.812 bits per heavy atom. The van der Waals surface area contributed by atoms with E-state index in [1.54, 1.807) is 0 Å². The van der Waals surface area contributed by atoms with Crippen LogP contribution in [0.5, 0.6) is 0 Å². The lowest BCUT2D eigenvalue weighted by Gasteiger charge is -2.41. The van der Waals surface area contributed by atoms with Gasteiger partial charge in [-0.3, -0.25) is 0 Å². The Kier molecular flexibility index (Phi) is 8.05. The highest BCUT2D eigenvalue weighted by molar-refractivity contribution is 7.89. The van der Waals surface area contributed by atoms with Gasteiger partial charge in [-0.25, -0.2) is 13.2 Å². The minimum atomic E-state index is -8.16. The maximum Gasteiger partial charge on any atom is 0.460 e. The topological polar surface area (TPSA) is 63.7 Å². The number of hydrogen-bond acceptors (Lipinski definition) is 4. The van der Waals surface area contributed by atoms with Crippen LogP contribution in [0, 0.1) is 0 Å². The lowest BCUT2D eigenvalue weighted by atomic mass is 9.96. The number of esters is 1. The molecule has 0 aromatic rings. The summed E-state index contributed by atoms with van der Waals surface area (Å²) in [6.45, 7) is 2.66. The highest BCUT2D eigenvalue weighted by atomic mass is 32.2. The third kappa shape index (κ3) is 4.76. The van der Waals surface area contributed by atoms with E-state index in [9.17, 15) is 70.3 Å². The van der Waals surface area contributed by atoms with Crippen LogP contribution in [0.1, 0.15) is 6.92 Å². The van der Waals surface area contributed by atoms with Gasteiger partial charge in [-0.15, -0.1) is 4.31 Å². The summed E-state index contributed by atoms with van der Waals surface area (Å²) in [7, 11) is -6.47. The van der Waals surface area contributed by atoms with Gasteiger partial charge in [0.15, 0.2) is 0 Å². The quantitative estimate of drug-likeness (QED) is 0.187. The Hall–Kier alpha value is -1.79. The molecule has 0 saturated heterocycles. The predicted molar refractivity (Wildman–Crippen MR) is 78.1 cm³/mol. The molecule has 0 aliphatic carbocycles. The third-order valence-corrected chi connectivity index (χ3v) is 5.40. The van der Waals surface area contributed by atoms with E-state index in [0.717, 1.165) is 6.92 Å². The molecule has 0 rings (SSSR count). The largest absolute Gasteiger partial charge is 0.461 e. The van der Waals surface area contributed by atoms with Gasteiger partial charge in [-0.2, -0.15) is 57.1 Å². The number of sulfonamides is 1. The number of carbonyl (C=O) groups excluding carboxylic acids is 1. The fraction of sp³-hybridized carbons (Fsp3) is 0.769. The maximum atomic E-state index is 13.9. The summed E-state index contributed by atoms with van der Waals surface area (Å²) in [4.78, 5) is 11.0. The van der Waals surface area contributed by atoms with Crippen LogP contribution in [-0.4, -0.2) is 74.0 Å². The summed E-state index contributed by atoms with van der Waals surface area (Å²) in [5.41, 5.74) is -0.361.